The monoisotopic (exact) mass is 396 g/mol. The highest BCUT2D eigenvalue weighted by atomic mass is 79.9. The Morgan fingerprint density at radius 2 is 2.08 bits per heavy atom. The highest BCUT2D eigenvalue weighted by Gasteiger charge is 2.10. The second kappa shape index (κ2) is 7.43. The molecule has 0 aliphatic heterocycles. The van der Waals surface area contributed by atoms with Gasteiger partial charge in [0.2, 0.25) is 0 Å². The van der Waals surface area contributed by atoms with Crippen molar-refractivity contribution in [3.05, 3.63) is 69.0 Å². The molecule has 0 atom stereocenters. The normalized spacial score (nSPS) is 11.1. The zero-order valence-corrected chi connectivity index (χ0v) is 15.3. The van der Waals surface area contributed by atoms with E-state index in [4.69, 9.17) is 4.74 Å². The number of para-hydroxylation sites is 1. The van der Waals surface area contributed by atoms with Gasteiger partial charge < -0.3 is 4.74 Å². The van der Waals surface area contributed by atoms with E-state index in [9.17, 15) is 5.26 Å². The molecule has 0 fully saturated rings. The van der Waals surface area contributed by atoms with Crippen molar-refractivity contribution in [3.63, 3.8) is 0 Å². The van der Waals surface area contributed by atoms with Gasteiger partial charge in [-0.1, -0.05) is 46.3 Å². The van der Waals surface area contributed by atoms with Crippen molar-refractivity contribution in [1.29, 1.82) is 5.26 Å². The molecule has 2 aromatic carbocycles. The molecule has 0 amide bonds. The smallest absolute Gasteiger partial charge is 0.134 e. The molecule has 0 bridgehead atoms. The number of benzene rings is 2. The van der Waals surface area contributed by atoms with Crippen molar-refractivity contribution in [2.24, 2.45) is 0 Å². The molecule has 3 nitrogen and oxygen atoms in total. The van der Waals surface area contributed by atoms with Crippen LogP contribution in [0.2, 0.25) is 0 Å². The van der Waals surface area contributed by atoms with E-state index < -0.39 is 0 Å². The number of methoxy groups -OCH3 is 1. The minimum absolute atomic E-state index is 0.519. The van der Waals surface area contributed by atoms with Crippen LogP contribution in [-0.4, -0.2) is 12.1 Å². The molecule has 1 heterocycles. The van der Waals surface area contributed by atoms with Crippen LogP contribution in [0.4, 0.5) is 0 Å². The van der Waals surface area contributed by atoms with Crippen molar-refractivity contribution >= 4 is 38.9 Å². The van der Waals surface area contributed by atoms with Gasteiger partial charge in [-0.2, -0.15) is 5.26 Å². The Bertz CT molecular complexity index is 940. The fourth-order valence-electron chi connectivity index (χ4n) is 2.26. The third-order valence-corrected chi connectivity index (χ3v) is 4.78. The zero-order chi connectivity index (χ0) is 16.9. The first-order chi connectivity index (χ1) is 11.7. The van der Waals surface area contributed by atoms with Crippen molar-refractivity contribution in [3.8, 4) is 23.1 Å². The minimum Gasteiger partial charge on any atom is -0.496 e. The van der Waals surface area contributed by atoms with Crippen molar-refractivity contribution in [1.82, 2.24) is 4.98 Å². The van der Waals surface area contributed by atoms with Crippen LogP contribution in [0.3, 0.4) is 0 Å². The van der Waals surface area contributed by atoms with Gasteiger partial charge in [0.05, 0.1) is 18.4 Å². The van der Waals surface area contributed by atoms with Gasteiger partial charge >= 0.3 is 0 Å². The summed E-state index contributed by atoms with van der Waals surface area (Å²) >= 11 is 4.92. The van der Waals surface area contributed by atoms with Gasteiger partial charge in [0, 0.05) is 21.0 Å². The summed E-state index contributed by atoms with van der Waals surface area (Å²) in [6.07, 6.45) is 1.81. The van der Waals surface area contributed by atoms with Crippen molar-refractivity contribution < 1.29 is 4.74 Å². The number of thiazole rings is 1. The summed E-state index contributed by atoms with van der Waals surface area (Å²) in [5.41, 5.74) is 3.25. The predicted molar refractivity (Wildman–Crippen MR) is 102 cm³/mol. The molecule has 3 rings (SSSR count). The van der Waals surface area contributed by atoms with Gasteiger partial charge in [-0.3, -0.25) is 0 Å². The first-order valence-corrected chi connectivity index (χ1v) is 8.85. The summed E-state index contributed by atoms with van der Waals surface area (Å²) in [5, 5.41) is 12.2. The number of halogens is 1. The van der Waals surface area contributed by atoms with E-state index in [0.29, 0.717) is 10.6 Å². The fourth-order valence-corrected chi connectivity index (χ4v) is 3.45. The van der Waals surface area contributed by atoms with Crippen LogP contribution in [0.15, 0.2) is 58.4 Å². The number of nitrogens with zero attached hydrogens (tertiary/aromatic N) is 2. The summed E-state index contributed by atoms with van der Waals surface area (Å²) < 4.78 is 6.34. The van der Waals surface area contributed by atoms with Gasteiger partial charge in [-0.15, -0.1) is 11.3 Å². The van der Waals surface area contributed by atoms with Crippen LogP contribution in [0.5, 0.6) is 5.75 Å². The Hall–Kier alpha value is -2.42. The lowest BCUT2D eigenvalue weighted by atomic mass is 10.1. The molecule has 0 radical (unpaired) electrons. The second-order valence-electron chi connectivity index (χ2n) is 4.96. The highest BCUT2D eigenvalue weighted by molar-refractivity contribution is 9.10. The maximum Gasteiger partial charge on any atom is 0.134 e. The van der Waals surface area contributed by atoms with Crippen LogP contribution >= 0.6 is 27.3 Å². The third kappa shape index (κ3) is 3.56. The molecular weight excluding hydrogens is 384 g/mol. The van der Waals surface area contributed by atoms with Gasteiger partial charge in [0.25, 0.3) is 0 Å². The zero-order valence-electron chi connectivity index (χ0n) is 12.9. The molecule has 5 heteroatoms. The lowest BCUT2D eigenvalue weighted by Gasteiger charge is -2.04. The third-order valence-electron chi connectivity index (χ3n) is 3.41. The molecule has 0 unspecified atom stereocenters. The SMILES string of the molecule is COc1ccccc1/C=C(/C#N)c1nc(-c2cccc(Br)c2)cs1. The van der Waals surface area contributed by atoms with E-state index in [1.807, 2.05) is 60.0 Å². The number of ether oxygens (including phenoxy) is 1. The average molecular weight is 397 g/mol. The summed E-state index contributed by atoms with van der Waals surface area (Å²) in [6, 6.07) is 17.8. The van der Waals surface area contributed by atoms with E-state index in [0.717, 1.165) is 27.0 Å². The molecule has 1 aromatic heterocycles. The molecule has 0 saturated carbocycles. The van der Waals surface area contributed by atoms with Gasteiger partial charge in [0.15, 0.2) is 0 Å². The van der Waals surface area contributed by atoms with E-state index in [-0.39, 0.29) is 0 Å². The summed E-state index contributed by atoms with van der Waals surface area (Å²) in [5.74, 6) is 0.731. The maximum atomic E-state index is 9.53. The summed E-state index contributed by atoms with van der Waals surface area (Å²) in [6.45, 7) is 0. The Balaban J connectivity index is 1.98. The van der Waals surface area contributed by atoms with Gasteiger partial charge in [-0.05, 0) is 24.3 Å². The maximum absolute atomic E-state index is 9.53. The lowest BCUT2D eigenvalue weighted by molar-refractivity contribution is 0.414. The largest absolute Gasteiger partial charge is 0.496 e. The number of hydrogen-bond acceptors (Lipinski definition) is 4. The van der Waals surface area contributed by atoms with Crippen LogP contribution in [-0.2, 0) is 0 Å². The summed E-state index contributed by atoms with van der Waals surface area (Å²) in [4.78, 5) is 4.61. The Morgan fingerprint density at radius 1 is 1.25 bits per heavy atom. The number of aromatic nitrogens is 1. The Labute approximate surface area is 153 Å². The number of nitriles is 1. The molecule has 0 N–H and O–H groups in total. The summed E-state index contributed by atoms with van der Waals surface area (Å²) in [7, 11) is 1.62. The fraction of sp³-hybridized carbons (Fsp3) is 0.0526. The second-order valence-corrected chi connectivity index (χ2v) is 6.73. The molecule has 0 aliphatic carbocycles. The number of rotatable bonds is 4. The van der Waals surface area contributed by atoms with E-state index in [1.165, 1.54) is 11.3 Å². The lowest BCUT2D eigenvalue weighted by Crippen LogP contribution is -1.87. The topological polar surface area (TPSA) is 45.9 Å². The van der Waals surface area contributed by atoms with Crippen LogP contribution in [0.1, 0.15) is 10.6 Å². The van der Waals surface area contributed by atoms with E-state index in [1.54, 1.807) is 7.11 Å². The molecule has 118 valence electrons. The first-order valence-electron chi connectivity index (χ1n) is 7.18. The van der Waals surface area contributed by atoms with Crippen molar-refractivity contribution in [2.45, 2.75) is 0 Å². The van der Waals surface area contributed by atoms with Gasteiger partial charge in [-0.25, -0.2) is 4.98 Å². The quantitative estimate of drug-likeness (QED) is 0.535. The number of allylic oxidation sites excluding steroid dienone is 1. The van der Waals surface area contributed by atoms with E-state index >= 15 is 0 Å². The van der Waals surface area contributed by atoms with Crippen LogP contribution in [0.25, 0.3) is 22.9 Å². The van der Waals surface area contributed by atoms with E-state index in [2.05, 4.69) is 27.0 Å². The standard InChI is InChI=1S/C19H13BrN2OS/c1-23-18-8-3-2-5-14(18)9-15(11-21)19-22-17(12-24-19)13-6-4-7-16(20)10-13/h2-10,12H,1H3/b15-9-. The predicted octanol–water partition coefficient (Wildman–Crippen LogP) is 5.65. The molecule has 3 aromatic rings. The minimum atomic E-state index is 0.519. The van der Waals surface area contributed by atoms with Crippen LogP contribution < -0.4 is 4.74 Å². The Kier molecular flexibility index (Phi) is 5.09. The van der Waals surface area contributed by atoms with Gasteiger partial charge in [0.1, 0.15) is 16.8 Å². The Morgan fingerprint density at radius 3 is 2.83 bits per heavy atom. The highest BCUT2D eigenvalue weighted by Crippen LogP contribution is 2.30. The van der Waals surface area contributed by atoms with Crippen LogP contribution in [0, 0.1) is 11.3 Å². The molecular formula is C19H13BrN2OS. The average Bonchev–Trinajstić information content (AvgIpc) is 3.10. The molecule has 0 aliphatic rings. The number of hydrogen-bond donors (Lipinski definition) is 0. The first kappa shape index (κ1) is 16.4. The molecule has 0 saturated heterocycles. The molecule has 0 spiro atoms. The molecule has 24 heavy (non-hydrogen) atoms. The van der Waals surface area contributed by atoms with Crippen molar-refractivity contribution in [2.75, 3.05) is 7.11 Å².